The fourth-order valence-corrected chi connectivity index (χ4v) is 1.92. The predicted octanol–water partition coefficient (Wildman–Crippen LogP) is 3.69. The summed E-state index contributed by atoms with van der Waals surface area (Å²) in [7, 11) is 0. The standard InChI is InChI=1S/C17H16F3NO2/c18-12-3-6-14(7-4-12)23-10-2-1-9-21-17(22)15-8-5-13(19)11-16(15)20/h3-8,11H,1-2,9-10H2,(H,21,22). The molecule has 0 saturated carbocycles. The van der Waals surface area contributed by atoms with E-state index in [1.165, 1.54) is 24.3 Å². The highest BCUT2D eigenvalue weighted by Crippen LogP contribution is 2.11. The van der Waals surface area contributed by atoms with E-state index in [1.807, 2.05) is 0 Å². The first-order chi connectivity index (χ1) is 11.1. The molecule has 0 radical (unpaired) electrons. The van der Waals surface area contributed by atoms with Gasteiger partial charge in [-0.15, -0.1) is 0 Å². The van der Waals surface area contributed by atoms with Gasteiger partial charge in [0.25, 0.3) is 5.91 Å². The molecule has 6 heteroatoms. The van der Waals surface area contributed by atoms with Gasteiger partial charge in [0, 0.05) is 12.6 Å². The summed E-state index contributed by atoms with van der Waals surface area (Å²) in [4.78, 5) is 11.7. The summed E-state index contributed by atoms with van der Waals surface area (Å²) in [6, 6.07) is 8.51. The largest absolute Gasteiger partial charge is 0.494 e. The Kier molecular flexibility index (Phi) is 6.02. The average Bonchev–Trinajstić information content (AvgIpc) is 2.52. The van der Waals surface area contributed by atoms with Crippen LogP contribution in [-0.2, 0) is 0 Å². The molecule has 0 fully saturated rings. The number of hydrogen-bond acceptors (Lipinski definition) is 2. The first kappa shape index (κ1) is 16.9. The van der Waals surface area contributed by atoms with Crippen molar-refractivity contribution in [2.24, 2.45) is 0 Å². The first-order valence-electron chi connectivity index (χ1n) is 7.18. The Morgan fingerprint density at radius 1 is 0.957 bits per heavy atom. The van der Waals surface area contributed by atoms with Gasteiger partial charge in [0.05, 0.1) is 12.2 Å². The second-order valence-electron chi connectivity index (χ2n) is 4.89. The van der Waals surface area contributed by atoms with Crippen LogP contribution in [0.5, 0.6) is 5.75 Å². The minimum absolute atomic E-state index is 0.186. The van der Waals surface area contributed by atoms with Gasteiger partial charge < -0.3 is 10.1 Å². The molecule has 1 amide bonds. The van der Waals surface area contributed by atoms with Crippen molar-refractivity contribution in [3.63, 3.8) is 0 Å². The molecular formula is C17H16F3NO2. The quantitative estimate of drug-likeness (QED) is 0.789. The van der Waals surface area contributed by atoms with Crippen molar-refractivity contribution in [3.8, 4) is 5.75 Å². The van der Waals surface area contributed by atoms with E-state index in [2.05, 4.69) is 5.32 Å². The Balaban J connectivity index is 1.65. The van der Waals surface area contributed by atoms with Gasteiger partial charge in [-0.05, 0) is 49.2 Å². The van der Waals surface area contributed by atoms with E-state index in [-0.39, 0.29) is 11.4 Å². The average molecular weight is 323 g/mol. The second-order valence-corrected chi connectivity index (χ2v) is 4.89. The molecular weight excluding hydrogens is 307 g/mol. The monoisotopic (exact) mass is 323 g/mol. The Hall–Kier alpha value is -2.50. The van der Waals surface area contributed by atoms with Crippen molar-refractivity contribution in [2.45, 2.75) is 12.8 Å². The van der Waals surface area contributed by atoms with Gasteiger partial charge in [0.1, 0.15) is 23.2 Å². The van der Waals surface area contributed by atoms with E-state index in [0.717, 1.165) is 12.1 Å². The van der Waals surface area contributed by atoms with Crippen LogP contribution in [0.1, 0.15) is 23.2 Å². The third-order valence-corrected chi connectivity index (χ3v) is 3.11. The van der Waals surface area contributed by atoms with Crippen molar-refractivity contribution >= 4 is 5.91 Å². The highest BCUT2D eigenvalue weighted by Gasteiger charge is 2.11. The summed E-state index contributed by atoms with van der Waals surface area (Å²) < 4.78 is 44.3. The van der Waals surface area contributed by atoms with Crippen LogP contribution in [0.15, 0.2) is 42.5 Å². The number of benzene rings is 2. The normalized spacial score (nSPS) is 10.4. The molecule has 0 aliphatic rings. The maximum absolute atomic E-state index is 13.4. The lowest BCUT2D eigenvalue weighted by molar-refractivity contribution is 0.0948. The molecule has 2 rings (SSSR count). The first-order valence-corrected chi connectivity index (χ1v) is 7.18. The molecule has 23 heavy (non-hydrogen) atoms. The molecule has 0 heterocycles. The van der Waals surface area contributed by atoms with E-state index in [4.69, 9.17) is 4.74 Å². The lowest BCUT2D eigenvalue weighted by Crippen LogP contribution is -2.25. The maximum Gasteiger partial charge on any atom is 0.254 e. The van der Waals surface area contributed by atoms with Crippen LogP contribution in [0.3, 0.4) is 0 Å². The molecule has 1 N–H and O–H groups in total. The zero-order chi connectivity index (χ0) is 16.7. The molecule has 122 valence electrons. The molecule has 0 spiro atoms. The van der Waals surface area contributed by atoms with Gasteiger partial charge in [-0.3, -0.25) is 4.79 Å². The van der Waals surface area contributed by atoms with Gasteiger partial charge in [0.2, 0.25) is 0 Å². The number of carbonyl (C=O) groups excluding carboxylic acids is 1. The summed E-state index contributed by atoms with van der Waals surface area (Å²) in [5.41, 5.74) is -0.186. The fraction of sp³-hybridized carbons (Fsp3) is 0.235. The predicted molar refractivity (Wildman–Crippen MR) is 79.8 cm³/mol. The Morgan fingerprint density at radius 3 is 2.35 bits per heavy atom. The van der Waals surface area contributed by atoms with Gasteiger partial charge in [-0.25, -0.2) is 13.2 Å². The SMILES string of the molecule is O=C(NCCCCOc1ccc(F)cc1)c1ccc(F)cc1F. The zero-order valence-electron chi connectivity index (χ0n) is 12.3. The van der Waals surface area contributed by atoms with Crippen LogP contribution < -0.4 is 10.1 Å². The van der Waals surface area contributed by atoms with Gasteiger partial charge in [-0.2, -0.15) is 0 Å². The Labute approximate surface area is 132 Å². The number of nitrogens with one attached hydrogen (secondary N) is 1. The molecule has 0 bridgehead atoms. The minimum Gasteiger partial charge on any atom is -0.494 e. The van der Waals surface area contributed by atoms with Crippen molar-refractivity contribution < 1.29 is 22.7 Å². The molecule has 0 aliphatic heterocycles. The summed E-state index contributed by atoms with van der Waals surface area (Å²) in [5.74, 6) is -1.95. The molecule has 2 aromatic carbocycles. The number of halogens is 3. The van der Waals surface area contributed by atoms with Gasteiger partial charge >= 0.3 is 0 Å². The van der Waals surface area contributed by atoms with Crippen molar-refractivity contribution in [2.75, 3.05) is 13.2 Å². The molecule has 0 unspecified atom stereocenters. The minimum atomic E-state index is -0.887. The van der Waals surface area contributed by atoms with Gasteiger partial charge in [0.15, 0.2) is 0 Å². The van der Waals surface area contributed by atoms with Crippen LogP contribution in [0, 0.1) is 17.5 Å². The Morgan fingerprint density at radius 2 is 1.65 bits per heavy atom. The van der Waals surface area contributed by atoms with E-state index < -0.39 is 17.5 Å². The Bertz CT molecular complexity index is 659. The van der Waals surface area contributed by atoms with E-state index in [9.17, 15) is 18.0 Å². The zero-order valence-corrected chi connectivity index (χ0v) is 12.3. The third kappa shape index (κ3) is 5.32. The molecule has 0 saturated heterocycles. The van der Waals surface area contributed by atoms with E-state index in [0.29, 0.717) is 37.8 Å². The molecule has 2 aromatic rings. The number of unbranched alkanes of at least 4 members (excludes halogenated alkanes) is 1. The third-order valence-electron chi connectivity index (χ3n) is 3.11. The molecule has 0 aliphatic carbocycles. The lowest BCUT2D eigenvalue weighted by atomic mass is 10.2. The highest BCUT2D eigenvalue weighted by molar-refractivity contribution is 5.94. The van der Waals surface area contributed by atoms with Crippen LogP contribution in [0.2, 0.25) is 0 Å². The van der Waals surface area contributed by atoms with Crippen LogP contribution in [0.4, 0.5) is 13.2 Å². The number of ether oxygens (including phenoxy) is 1. The highest BCUT2D eigenvalue weighted by atomic mass is 19.1. The summed E-state index contributed by atoms with van der Waals surface area (Å²) in [6.07, 6.45) is 1.30. The van der Waals surface area contributed by atoms with Crippen LogP contribution in [0.25, 0.3) is 0 Å². The smallest absolute Gasteiger partial charge is 0.254 e. The maximum atomic E-state index is 13.4. The fourth-order valence-electron chi connectivity index (χ4n) is 1.92. The lowest BCUT2D eigenvalue weighted by Gasteiger charge is -2.08. The van der Waals surface area contributed by atoms with Crippen molar-refractivity contribution in [1.82, 2.24) is 5.32 Å². The van der Waals surface area contributed by atoms with E-state index in [1.54, 1.807) is 0 Å². The number of rotatable bonds is 7. The van der Waals surface area contributed by atoms with E-state index >= 15 is 0 Å². The molecule has 0 aromatic heterocycles. The van der Waals surface area contributed by atoms with Gasteiger partial charge in [-0.1, -0.05) is 0 Å². The summed E-state index contributed by atoms with van der Waals surface area (Å²) in [5, 5.41) is 2.56. The number of carbonyl (C=O) groups is 1. The summed E-state index contributed by atoms with van der Waals surface area (Å²) >= 11 is 0. The second kappa shape index (κ2) is 8.22. The molecule has 0 atom stereocenters. The van der Waals surface area contributed by atoms with Crippen LogP contribution >= 0.6 is 0 Å². The van der Waals surface area contributed by atoms with Crippen molar-refractivity contribution in [3.05, 3.63) is 65.5 Å². The summed E-state index contributed by atoms with van der Waals surface area (Å²) in [6.45, 7) is 0.773. The topological polar surface area (TPSA) is 38.3 Å². The van der Waals surface area contributed by atoms with Crippen LogP contribution in [-0.4, -0.2) is 19.1 Å². The van der Waals surface area contributed by atoms with Crippen molar-refractivity contribution in [1.29, 1.82) is 0 Å². The number of amides is 1. The molecule has 3 nitrogen and oxygen atoms in total. The number of hydrogen-bond donors (Lipinski definition) is 1.